The summed E-state index contributed by atoms with van der Waals surface area (Å²) in [5.74, 6) is 0. The van der Waals surface area contributed by atoms with Crippen molar-refractivity contribution >= 4 is 18.5 Å². The lowest BCUT2D eigenvalue weighted by Gasteiger charge is -2.34. The van der Waals surface area contributed by atoms with Crippen molar-refractivity contribution in [1.82, 2.24) is 9.55 Å². The van der Waals surface area contributed by atoms with E-state index in [0.717, 1.165) is 12.4 Å². The highest BCUT2D eigenvalue weighted by Crippen LogP contribution is 2.59. The molecule has 0 aliphatic carbocycles. The van der Waals surface area contributed by atoms with Gasteiger partial charge in [-0.2, -0.15) is 17.6 Å². The summed E-state index contributed by atoms with van der Waals surface area (Å²) in [6.07, 6.45) is 2.60. The molecule has 2 nitrogen and oxygen atoms in total. The van der Waals surface area contributed by atoms with Gasteiger partial charge in [0.2, 0.25) is 0 Å². The number of halogens is 4. The van der Waals surface area contributed by atoms with Crippen LogP contribution in [0.15, 0.2) is 79.4 Å². The minimum atomic E-state index is -4.40. The van der Waals surface area contributed by atoms with E-state index in [9.17, 15) is 8.78 Å². The molecule has 3 rings (SSSR count). The van der Waals surface area contributed by atoms with Crippen LogP contribution in [0.5, 0.6) is 0 Å². The van der Waals surface area contributed by atoms with Gasteiger partial charge in [0, 0.05) is 20.3 Å². The Labute approximate surface area is 137 Å². The third-order valence-electron chi connectivity index (χ3n) is 3.50. The first kappa shape index (κ1) is 16.7. The van der Waals surface area contributed by atoms with E-state index in [0.29, 0.717) is 6.33 Å². The molecule has 24 heavy (non-hydrogen) atoms. The zero-order chi connectivity index (χ0) is 17.2. The lowest BCUT2D eigenvalue weighted by atomic mass is 10.4. The Morgan fingerprint density at radius 3 is 1.71 bits per heavy atom. The summed E-state index contributed by atoms with van der Waals surface area (Å²) in [7, 11) is -2.62. The molecular formula is C17H13F4N2P. The average molecular weight is 352 g/mol. The van der Waals surface area contributed by atoms with Crippen molar-refractivity contribution < 1.29 is 17.6 Å². The Morgan fingerprint density at radius 1 is 0.792 bits per heavy atom. The van der Waals surface area contributed by atoms with Gasteiger partial charge in [-0.3, -0.25) is 4.57 Å². The number of hydrogen-bond acceptors (Lipinski definition) is 1. The molecule has 0 spiro atoms. The molecule has 0 saturated heterocycles. The van der Waals surface area contributed by atoms with Crippen LogP contribution in [-0.2, 0) is 6.05 Å². The molecule has 0 amide bonds. The van der Waals surface area contributed by atoms with Crippen LogP contribution in [0.4, 0.5) is 17.6 Å². The van der Waals surface area contributed by atoms with Gasteiger partial charge in [-0.25, -0.2) is 4.98 Å². The van der Waals surface area contributed by atoms with E-state index in [1.54, 1.807) is 36.4 Å². The van der Waals surface area contributed by atoms with Gasteiger partial charge >= 0.3 is 11.7 Å². The Hall–Kier alpha value is -2.20. The van der Waals surface area contributed by atoms with E-state index in [-0.39, 0.29) is 15.2 Å². The number of nitrogens with zero attached hydrogens (tertiary/aromatic N) is 2. The van der Waals surface area contributed by atoms with Crippen molar-refractivity contribution in [2.75, 3.05) is 0 Å². The summed E-state index contributed by atoms with van der Waals surface area (Å²) in [4.78, 5) is 3.46. The fourth-order valence-corrected chi connectivity index (χ4v) is 4.61. The van der Waals surface area contributed by atoms with Gasteiger partial charge in [0.25, 0.3) is 0 Å². The fourth-order valence-electron chi connectivity index (χ4n) is 2.34. The average Bonchev–Trinajstić information content (AvgIpc) is 3.12. The number of aromatic nitrogens is 2. The topological polar surface area (TPSA) is 17.8 Å². The smallest absolute Gasteiger partial charge is 0.272 e. The first-order chi connectivity index (χ1) is 11.4. The fraction of sp³-hybridized carbons (Fsp3) is 0.118. The molecule has 0 saturated carbocycles. The summed E-state index contributed by atoms with van der Waals surface area (Å²) in [5.41, 5.74) is -4.30. The molecule has 0 unspecified atom stereocenters. The number of rotatable bonds is 5. The quantitative estimate of drug-likeness (QED) is 0.498. The summed E-state index contributed by atoms with van der Waals surface area (Å²) >= 11 is 0. The molecule has 0 bridgehead atoms. The maximum absolute atomic E-state index is 15.0. The van der Waals surface area contributed by atoms with Crippen LogP contribution in [-0.4, -0.2) is 15.2 Å². The monoisotopic (exact) mass is 352 g/mol. The maximum atomic E-state index is 15.0. The van der Waals surface area contributed by atoms with Gasteiger partial charge in [0.15, 0.2) is 0 Å². The summed E-state index contributed by atoms with van der Waals surface area (Å²) < 4.78 is 59.4. The van der Waals surface area contributed by atoms with Crippen molar-refractivity contribution in [2.45, 2.75) is 11.7 Å². The molecule has 124 valence electrons. The lowest BCUT2D eigenvalue weighted by Crippen LogP contribution is -2.45. The summed E-state index contributed by atoms with van der Waals surface area (Å²) in [5, 5.41) is 0.368. The van der Waals surface area contributed by atoms with E-state index in [1.807, 2.05) is 0 Å². The largest absolute Gasteiger partial charge is 0.397 e. The van der Waals surface area contributed by atoms with Crippen LogP contribution in [0.1, 0.15) is 0 Å². The van der Waals surface area contributed by atoms with Crippen LogP contribution in [0.2, 0.25) is 0 Å². The molecule has 0 atom stereocenters. The van der Waals surface area contributed by atoms with Gasteiger partial charge in [-0.05, 0) is 10.6 Å². The van der Waals surface area contributed by atoms with E-state index in [4.69, 9.17) is 0 Å². The van der Waals surface area contributed by atoms with Gasteiger partial charge in [0.1, 0.15) is 0 Å². The molecule has 1 heterocycles. The molecule has 0 radical (unpaired) electrons. The van der Waals surface area contributed by atoms with E-state index in [1.165, 1.54) is 24.3 Å². The summed E-state index contributed by atoms with van der Waals surface area (Å²) in [6, 6.07) is 11.0. The first-order valence-corrected chi connectivity index (χ1v) is 8.43. The second kappa shape index (κ2) is 6.36. The van der Waals surface area contributed by atoms with Crippen molar-refractivity contribution in [3.05, 3.63) is 79.4 Å². The highest BCUT2D eigenvalue weighted by molar-refractivity contribution is 7.74. The van der Waals surface area contributed by atoms with Gasteiger partial charge in [-0.1, -0.05) is 60.7 Å². The molecular weight excluding hydrogens is 339 g/mol. The van der Waals surface area contributed by atoms with Crippen molar-refractivity contribution in [1.29, 1.82) is 0 Å². The second-order valence-electron chi connectivity index (χ2n) is 5.06. The standard InChI is InChI=1S/C17H13F4N2P/c18-16(19,23-12-11-22-13-23)17(20,21)24(14-7-3-1-4-8-14)15-9-5-2-6-10-15/h1-13H. The Morgan fingerprint density at radius 2 is 1.29 bits per heavy atom. The van der Waals surface area contributed by atoms with Gasteiger partial charge in [0.05, 0.1) is 6.33 Å². The number of benzene rings is 2. The molecule has 1 aromatic heterocycles. The predicted octanol–water partition coefficient (Wildman–Crippen LogP) is 4.16. The molecule has 2 aromatic carbocycles. The Bertz CT molecular complexity index is 737. The van der Waals surface area contributed by atoms with Gasteiger partial charge in [-0.15, -0.1) is 0 Å². The molecule has 0 N–H and O–H groups in total. The number of alkyl halides is 4. The highest BCUT2D eigenvalue weighted by atomic mass is 31.1. The lowest BCUT2D eigenvalue weighted by molar-refractivity contribution is -0.212. The zero-order valence-electron chi connectivity index (χ0n) is 12.4. The Balaban J connectivity index is 2.15. The molecule has 3 aromatic rings. The van der Waals surface area contributed by atoms with Crippen LogP contribution >= 0.6 is 7.92 Å². The molecule has 0 aliphatic heterocycles. The first-order valence-electron chi connectivity index (χ1n) is 7.09. The maximum Gasteiger partial charge on any atom is 0.397 e. The molecule has 7 heteroatoms. The predicted molar refractivity (Wildman–Crippen MR) is 86.4 cm³/mol. The third-order valence-corrected chi connectivity index (χ3v) is 5.96. The minimum absolute atomic E-state index is 0.161. The third kappa shape index (κ3) is 2.82. The SMILES string of the molecule is FC(F)(n1ccnc1)C(F)(F)P(c1ccccc1)c1ccccc1. The normalized spacial score (nSPS) is 12.5. The Kier molecular flexibility index (Phi) is 4.41. The van der Waals surface area contributed by atoms with Crippen LogP contribution in [0.3, 0.4) is 0 Å². The minimum Gasteiger partial charge on any atom is -0.272 e. The second-order valence-corrected chi connectivity index (χ2v) is 7.32. The van der Waals surface area contributed by atoms with Crippen LogP contribution < -0.4 is 10.6 Å². The van der Waals surface area contributed by atoms with E-state index < -0.39 is 19.6 Å². The van der Waals surface area contributed by atoms with E-state index in [2.05, 4.69) is 4.98 Å². The highest BCUT2D eigenvalue weighted by Gasteiger charge is 2.63. The van der Waals surface area contributed by atoms with Crippen molar-refractivity contribution in [3.8, 4) is 0 Å². The van der Waals surface area contributed by atoms with Crippen molar-refractivity contribution in [3.63, 3.8) is 0 Å². The van der Waals surface area contributed by atoms with Gasteiger partial charge < -0.3 is 0 Å². The number of imidazole rings is 1. The molecule has 0 aliphatic rings. The molecule has 0 fully saturated rings. The van der Waals surface area contributed by atoms with E-state index >= 15 is 8.78 Å². The summed E-state index contributed by atoms with van der Waals surface area (Å²) in [6.45, 7) is 0. The zero-order valence-corrected chi connectivity index (χ0v) is 13.3. The van der Waals surface area contributed by atoms with Crippen molar-refractivity contribution in [2.24, 2.45) is 0 Å². The van der Waals surface area contributed by atoms with Crippen LogP contribution in [0.25, 0.3) is 0 Å². The number of hydrogen-bond donors (Lipinski definition) is 0. The van der Waals surface area contributed by atoms with Crippen LogP contribution in [0, 0.1) is 0 Å².